The molecular formula is C15H16ClNO2. The third-order valence-corrected chi connectivity index (χ3v) is 2.79. The summed E-state index contributed by atoms with van der Waals surface area (Å²) in [6.07, 6.45) is 0. The van der Waals surface area contributed by atoms with Gasteiger partial charge in [-0.25, -0.2) is 0 Å². The van der Waals surface area contributed by atoms with Gasteiger partial charge in [0.15, 0.2) is 0 Å². The summed E-state index contributed by atoms with van der Waals surface area (Å²) in [5, 5.41) is 3.72. The van der Waals surface area contributed by atoms with Crippen molar-refractivity contribution in [3.8, 4) is 11.5 Å². The zero-order valence-corrected chi connectivity index (χ0v) is 11.5. The van der Waals surface area contributed by atoms with Gasteiger partial charge in [0, 0.05) is 17.8 Å². The molecule has 0 saturated heterocycles. The maximum absolute atomic E-state index is 5.86. The number of anilines is 1. The van der Waals surface area contributed by atoms with Gasteiger partial charge < -0.3 is 14.8 Å². The summed E-state index contributed by atoms with van der Waals surface area (Å²) in [6.45, 7) is 0.972. The van der Waals surface area contributed by atoms with Crippen LogP contribution in [0.25, 0.3) is 0 Å². The van der Waals surface area contributed by atoms with Crippen LogP contribution in [-0.2, 0) is 0 Å². The first-order chi connectivity index (χ1) is 9.28. The van der Waals surface area contributed by atoms with Crippen molar-refractivity contribution in [2.75, 3.05) is 25.6 Å². The van der Waals surface area contributed by atoms with E-state index in [-0.39, 0.29) is 0 Å². The molecule has 1 N–H and O–H groups in total. The van der Waals surface area contributed by atoms with Gasteiger partial charge in [-0.05, 0) is 42.5 Å². The Morgan fingerprint density at radius 1 is 0.947 bits per heavy atom. The predicted molar refractivity (Wildman–Crippen MR) is 78.4 cm³/mol. The summed E-state index contributed by atoms with van der Waals surface area (Å²) in [5.41, 5.74) is 1.06. The fourth-order valence-electron chi connectivity index (χ4n) is 1.59. The van der Waals surface area contributed by atoms with E-state index < -0.39 is 0 Å². The average Bonchev–Trinajstić information content (AvgIpc) is 2.44. The number of halogens is 1. The number of benzene rings is 2. The first-order valence-corrected chi connectivity index (χ1v) is 6.45. The van der Waals surface area contributed by atoms with Crippen LogP contribution in [0.15, 0.2) is 48.5 Å². The maximum atomic E-state index is 5.86. The van der Waals surface area contributed by atoms with E-state index in [1.54, 1.807) is 6.07 Å². The molecule has 3 nitrogen and oxygen atoms in total. The number of hydrogen-bond donors (Lipinski definition) is 1. The number of rotatable bonds is 6. The largest absolute Gasteiger partial charge is 0.490 e. The third-order valence-electron chi connectivity index (χ3n) is 2.56. The summed E-state index contributed by atoms with van der Waals surface area (Å²) < 4.78 is 11.1. The monoisotopic (exact) mass is 277 g/mol. The van der Waals surface area contributed by atoms with Crippen LogP contribution < -0.4 is 14.8 Å². The molecule has 0 aliphatic heterocycles. The van der Waals surface area contributed by atoms with Gasteiger partial charge >= 0.3 is 0 Å². The topological polar surface area (TPSA) is 30.5 Å². The Bertz CT molecular complexity index is 514. The highest BCUT2D eigenvalue weighted by molar-refractivity contribution is 6.30. The van der Waals surface area contributed by atoms with Crippen molar-refractivity contribution < 1.29 is 9.47 Å². The van der Waals surface area contributed by atoms with Gasteiger partial charge in [0.25, 0.3) is 0 Å². The normalized spacial score (nSPS) is 10.0. The van der Waals surface area contributed by atoms with E-state index in [4.69, 9.17) is 21.1 Å². The van der Waals surface area contributed by atoms with Crippen molar-refractivity contribution in [2.24, 2.45) is 0 Å². The lowest BCUT2D eigenvalue weighted by molar-refractivity contribution is 0.217. The fraction of sp³-hybridized carbons (Fsp3) is 0.200. The molecule has 2 aromatic rings. The molecule has 0 spiro atoms. The second-order valence-corrected chi connectivity index (χ2v) is 4.37. The quantitative estimate of drug-likeness (QED) is 0.814. The second-order valence-electron chi connectivity index (χ2n) is 3.93. The van der Waals surface area contributed by atoms with E-state index in [1.165, 1.54) is 0 Å². The minimum Gasteiger partial charge on any atom is -0.490 e. The van der Waals surface area contributed by atoms with Gasteiger partial charge in [-0.3, -0.25) is 0 Å². The highest BCUT2D eigenvalue weighted by Gasteiger charge is 1.97. The highest BCUT2D eigenvalue weighted by atomic mass is 35.5. The van der Waals surface area contributed by atoms with Crippen LogP contribution in [0.2, 0.25) is 5.02 Å². The van der Waals surface area contributed by atoms with Gasteiger partial charge in [0.05, 0.1) is 0 Å². The van der Waals surface area contributed by atoms with Crippen molar-refractivity contribution in [3.05, 3.63) is 53.6 Å². The SMILES string of the molecule is CNc1ccc(OCCOc2cccc(Cl)c2)cc1. The van der Waals surface area contributed by atoms with E-state index in [0.717, 1.165) is 17.2 Å². The van der Waals surface area contributed by atoms with Crippen LogP contribution in [0.5, 0.6) is 11.5 Å². The Hall–Kier alpha value is -1.87. The minimum absolute atomic E-state index is 0.480. The molecule has 0 atom stereocenters. The number of ether oxygens (including phenoxy) is 2. The van der Waals surface area contributed by atoms with Crippen molar-refractivity contribution in [3.63, 3.8) is 0 Å². The van der Waals surface area contributed by atoms with Crippen LogP contribution in [-0.4, -0.2) is 20.3 Å². The molecule has 19 heavy (non-hydrogen) atoms. The minimum atomic E-state index is 0.480. The van der Waals surface area contributed by atoms with Crippen molar-refractivity contribution in [2.45, 2.75) is 0 Å². The van der Waals surface area contributed by atoms with Crippen LogP contribution >= 0.6 is 11.6 Å². The van der Waals surface area contributed by atoms with Gasteiger partial charge in [-0.2, -0.15) is 0 Å². The van der Waals surface area contributed by atoms with E-state index in [1.807, 2.05) is 49.5 Å². The Morgan fingerprint density at radius 2 is 1.63 bits per heavy atom. The fourth-order valence-corrected chi connectivity index (χ4v) is 1.77. The molecule has 2 rings (SSSR count). The molecule has 0 fully saturated rings. The molecule has 0 saturated carbocycles. The lowest BCUT2D eigenvalue weighted by Crippen LogP contribution is -2.08. The zero-order valence-electron chi connectivity index (χ0n) is 10.7. The average molecular weight is 278 g/mol. The Labute approximate surface area is 118 Å². The third kappa shape index (κ3) is 4.38. The molecule has 0 amide bonds. The highest BCUT2D eigenvalue weighted by Crippen LogP contribution is 2.17. The first-order valence-electron chi connectivity index (χ1n) is 6.07. The molecule has 0 heterocycles. The molecule has 0 unspecified atom stereocenters. The zero-order chi connectivity index (χ0) is 13.5. The van der Waals surface area contributed by atoms with Crippen LogP contribution in [0, 0.1) is 0 Å². The van der Waals surface area contributed by atoms with E-state index in [2.05, 4.69) is 5.32 Å². The van der Waals surface area contributed by atoms with Crippen molar-refractivity contribution in [1.82, 2.24) is 0 Å². The Balaban J connectivity index is 1.74. The maximum Gasteiger partial charge on any atom is 0.122 e. The molecule has 0 aliphatic rings. The molecule has 4 heteroatoms. The number of nitrogens with one attached hydrogen (secondary N) is 1. The first kappa shape index (κ1) is 13.6. The van der Waals surface area contributed by atoms with Crippen LogP contribution in [0.4, 0.5) is 5.69 Å². The molecular weight excluding hydrogens is 262 g/mol. The molecule has 2 aromatic carbocycles. The lowest BCUT2D eigenvalue weighted by atomic mass is 10.3. The van der Waals surface area contributed by atoms with E-state index in [9.17, 15) is 0 Å². The van der Waals surface area contributed by atoms with Gasteiger partial charge in [0.1, 0.15) is 24.7 Å². The summed E-state index contributed by atoms with van der Waals surface area (Å²) in [4.78, 5) is 0. The van der Waals surface area contributed by atoms with Gasteiger partial charge in [-0.1, -0.05) is 17.7 Å². The smallest absolute Gasteiger partial charge is 0.122 e. The van der Waals surface area contributed by atoms with Crippen molar-refractivity contribution in [1.29, 1.82) is 0 Å². The second kappa shape index (κ2) is 6.90. The van der Waals surface area contributed by atoms with Crippen LogP contribution in [0.3, 0.4) is 0 Å². The van der Waals surface area contributed by atoms with E-state index >= 15 is 0 Å². The molecule has 0 aromatic heterocycles. The summed E-state index contributed by atoms with van der Waals surface area (Å²) in [6, 6.07) is 15.1. The van der Waals surface area contributed by atoms with E-state index in [0.29, 0.717) is 18.2 Å². The Morgan fingerprint density at radius 3 is 2.26 bits per heavy atom. The molecule has 0 bridgehead atoms. The standard InChI is InChI=1S/C15H16ClNO2/c1-17-13-5-7-14(8-6-13)18-9-10-19-15-4-2-3-12(16)11-15/h2-8,11,17H,9-10H2,1H3. The molecule has 0 aliphatic carbocycles. The Kier molecular flexibility index (Phi) is 4.93. The molecule has 0 radical (unpaired) electrons. The summed E-state index contributed by atoms with van der Waals surface area (Å²) in [5.74, 6) is 1.58. The summed E-state index contributed by atoms with van der Waals surface area (Å²) in [7, 11) is 1.88. The summed E-state index contributed by atoms with van der Waals surface area (Å²) >= 11 is 5.86. The number of hydrogen-bond acceptors (Lipinski definition) is 3. The van der Waals surface area contributed by atoms with Crippen LogP contribution in [0.1, 0.15) is 0 Å². The lowest BCUT2D eigenvalue weighted by Gasteiger charge is -2.09. The van der Waals surface area contributed by atoms with Gasteiger partial charge in [0.2, 0.25) is 0 Å². The van der Waals surface area contributed by atoms with Crippen molar-refractivity contribution >= 4 is 17.3 Å². The predicted octanol–water partition coefficient (Wildman–Crippen LogP) is 3.84. The molecule has 100 valence electrons. The van der Waals surface area contributed by atoms with Gasteiger partial charge in [-0.15, -0.1) is 0 Å².